The first kappa shape index (κ1) is 13.4. The molecule has 1 aromatic rings. The Bertz CT molecular complexity index is 526. The second kappa shape index (κ2) is 5.07. The van der Waals surface area contributed by atoms with E-state index < -0.39 is 5.54 Å². The fourth-order valence-corrected chi connectivity index (χ4v) is 3.52. The highest BCUT2D eigenvalue weighted by Gasteiger charge is 2.48. The largest absolute Gasteiger partial charge is 0.497 e. The van der Waals surface area contributed by atoms with Crippen molar-refractivity contribution in [2.24, 2.45) is 5.73 Å². The minimum Gasteiger partial charge on any atom is -0.497 e. The molecule has 1 fully saturated rings. The number of nitrogens with two attached hydrogens (primary N) is 1. The van der Waals surface area contributed by atoms with Gasteiger partial charge < -0.3 is 15.8 Å². The van der Waals surface area contributed by atoms with Crippen LogP contribution in [0.1, 0.15) is 17.5 Å². The van der Waals surface area contributed by atoms with E-state index in [4.69, 9.17) is 10.5 Å². The van der Waals surface area contributed by atoms with Crippen molar-refractivity contribution in [3.63, 3.8) is 0 Å². The number of methoxy groups -OCH3 is 1. The SMILES string of the molecule is COc1ccc2c(c1)C(C(N)=O)(N1CCNCC1)CC2. The quantitative estimate of drug-likeness (QED) is 0.828. The number of fused-ring (bicyclic) bond motifs is 1. The fourth-order valence-electron chi connectivity index (χ4n) is 3.52. The number of nitrogens with one attached hydrogen (secondary N) is 1. The summed E-state index contributed by atoms with van der Waals surface area (Å²) in [5, 5.41) is 3.32. The average Bonchev–Trinajstić information content (AvgIpc) is 2.87. The first-order valence-electron chi connectivity index (χ1n) is 7.11. The van der Waals surface area contributed by atoms with Gasteiger partial charge in [0, 0.05) is 26.2 Å². The Morgan fingerprint density at radius 1 is 1.40 bits per heavy atom. The number of rotatable bonds is 3. The molecule has 5 heteroatoms. The molecule has 0 aromatic heterocycles. The van der Waals surface area contributed by atoms with E-state index in [9.17, 15) is 4.79 Å². The number of nitrogens with zero attached hydrogens (tertiary/aromatic N) is 1. The summed E-state index contributed by atoms with van der Waals surface area (Å²) in [7, 11) is 1.65. The highest BCUT2D eigenvalue weighted by molar-refractivity contribution is 5.88. The van der Waals surface area contributed by atoms with Crippen LogP contribution >= 0.6 is 0 Å². The molecule has 20 heavy (non-hydrogen) atoms. The molecule has 0 radical (unpaired) electrons. The molecular formula is C15H21N3O2. The van der Waals surface area contributed by atoms with Crippen molar-refractivity contribution < 1.29 is 9.53 Å². The van der Waals surface area contributed by atoms with Gasteiger partial charge in [-0.1, -0.05) is 6.07 Å². The van der Waals surface area contributed by atoms with Crippen molar-refractivity contribution in [1.29, 1.82) is 0 Å². The first-order valence-corrected chi connectivity index (χ1v) is 7.11. The van der Waals surface area contributed by atoms with Gasteiger partial charge in [0.15, 0.2) is 0 Å². The van der Waals surface area contributed by atoms with Crippen LogP contribution in [0.25, 0.3) is 0 Å². The molecule has 0 spiro atoms. The van der Waals surface area contributed by atoms with Crippen LogP contribution in [-0.4, -0.2) is 44.1 Å². The van der Waals surface area contributed by atoms with E-state index in [1.165, 1.54) is 5.56 Å². The smallest absolute Gasteiger partial charge is 0.242 e. The van der Waals surface area contributed by atoms with Crippen molar-refractivity contribution in [1.82, 2.24) is 10.2 Å². The van der Waals surface area contributed by atoms with E-state index in [0.29, 0.717) is 0 Å². The van der Waals surface area contributed by atoms with Gasteiger partial charge in [-0.15, -0.1) is 0 Å². The summed E-state index contributed by atoms with van der Waals surface area (Å²) in [6.07, 6.45) is 1.66. The maximum absolute atomic E-state index is 12.3. The Morgan fingerprint density at radius 3 is 2.80 bits per heavy atom. The third-order valence-electron chi connectivity index (χ3n) is 4.58. The molecule has 1 aliphatic heterocycles. The molecule has 0 bridgehead atoms. The van der Waals surface area contributed by atoms with Gasteiger partial charge in [0.1, 0.15) is 11.3 Å². The van der Waals surface area contributed by atoms with Gasteiger partial charge in [0.2, 0.25) is 5.91 Å². The Morgan fingerprint density at radius 2 is 2.15 bits per heavy atom. The third kappa shape index (κ3) is 1.89. The molecule has 1 atom stereocenters. The lowest BCUT2D eigenvalue weighted by atomic mass is 9.88. The summed E-state index contributed by atoms with van der Waals surface area (Å²) in [6, 6.07) is 5.99. The van der Waals surface area contributed by atoms with Crippen molar-refractivity contribution in [3.05, 3.63) is 29.3 Å². The highest BCUT2D eigenvalue weighted by atomic mass is 16.5. The predicted molar refractivity (Wildman–Crippen MR) is 76.6 cm³/mol. The number of carbonyl (C=O) groups is 1. The Labute approximate surface area is 119 Å². The summed E-state index contributed by atoms with van der Waals surface area (Å²) in [5.41, 5.74) is 7.41. The van der Waals surface area contributed by atoms with Gasteiger partial charge in [-0.05, 0) is 36.1 Å². The number of ether oxygens (including phenoxy) is 1. The number of carbonyl (C=O) groups excluding carboxylic acids is 1. The maximum Gasteiger partial charge on any atom is 0.242 e. The average molecular weight is 275 g/mol. The number of primary amides is 1. The Balaban J connectivity index is 2.07. The van der Waals surface area contributed by atoms with E-state index in [1.807, 2.05) is 12.1 Å². The second-order valence-electron chi connectivity index (χ2n) is 5.48. The van der Waals surface area contributed by atoms with Gasteiger partial charge in [-0.2, -0.15) is 0 Å². The second-order valence-corrected chi connectivity index (χ2v) is 5.48. The predicted octanol–water partition coefficient (Wildman–Crippen LogP) is 0.227. The standard InChI is InChI=1S/C15H21N3O2/c1-20-12-3-2-11-4-5-15(14(16)19,13(11)10-12)18-8-6-17-7-9-18/h2-3,10,17H,4-9H2,1H3,(H2,16,19). The van der Waals surface area contributed by atoms with Gasteiger partial charge in [-0.25, -0.2) is 0 Å². The van der Waals surface area contributed by atoms with Crippen LogP contribution in [0.4, 0.5) is 0 Å². The van der Waals surface area contributed by atoms with Crippen LogP contribution in [0.15, 0.2) is 18.2 Å². The van der Waals surface area contributed by atoms with E-state index in [0.717, 1.165) is 50.3 Å². The van der Waals surface area contributed by atoms with Crippen molar-refractivity contribution in [3.8, 4) is 5.75 Å². The minimum absolute atomic E-state index is 0.244. The number of piperazine rings is 1. The summed E-state index contributed by atoms with van der Waals surface area (Å²) in [5.74, 6) is 0.540. The molecule has 1 aromatic carbocycles. The molecule has 1 amide bonds. The molecule has 1 heterocycles. The third-order valence-corrected chi connectivity index (χ3v) is 4.58. The molecule has 0 saturated carbocycles. The summed E-state index contributed by atoms with van der Waals surface area (Å²) in [6.45, 7) is 3.49. The van der Waals surface area contributed by atoms with Crippen molar-refractivity contribution in [2.45, 2.75) is 18.4 Å². The zero-order valence-electron chi connectivity index (χ0n) is 11.8. The van der Waals surface area contributed by atoms with Crippen LogP contribution < -0.4 is 15.8 Å². The Hall–Kier alpha value is -1.59. The van der Waals surface area contributed by atoms with Gasteiger partial charge in [0.05, 0.1) is 7.11 Å². The molecule has 1 aliphatic carbocycles. The molecular weight excluding hydrogens is 254 g/mol. The molecule has 2 aliphatic rings. The lowest BCUT2D eigenvalue weighted by molar-refractivity contribution is -0.131. The number of hydrogen-bond donors (Lipinski definition) is 2. The van der Waals surface area contributed by atoms with Crippen LogP contribution in [0.5, 0.6) is 5.75 Å². The molecule has 3 N–H and O–H groups in total. The number of hydrogen-bond acceptors (Lipinski definition) is 4. The topological polar surface area (TPSA) is 67.6 Å². The molecule has 5 nitrogen and oxygen atoms in total. The van der Waals surface area contributed by atoms with Crippen LogP contribution in [0.2, 0.25) is 0 Å². The number of aryl methyl sites for hydroxylation is 1. The number of benzene rings is 1. The molecule has 108 valence electrons. The van der Waals surface area contributed by atoms with Gasteiger partial charge in [0.25, 0.3) is 0 Å². The maximum atomic E-state index is 12.3. The fraction of sp³-hybridized carbons (Fsp3) is 0.533. The van der Waals surface area contributed by atoms with E-state index in [-0.39, 0.29) is 5.91 Å². The van der Waals surface area contributed by atoms with Gasteiger partial charge >= 0.3 is 0 Å². The van der Waals surface area contributed by atoms with Crippen LogP contribution in [0, 0.1) is 0 Å². The zero-order valence-corrected chi connectivity index (χ0v) is 11.8. The normalized spacial score (nSPS) is 26.2. The monoisotopic (exact) mass is 275 g/mol. The zero-order chi connectivity index (χ0) is 14.2. The highest BCUT2D eigenvalue weighted by Crippen LogP contribution is 2.43. The van der Waals surface area contributed by atoms with E-state index in [1.54, 1.807) is 7.11 Å². The van der Waals surface area contributed by atoms with Crippen molar-refractivity contribution >= 4 is 5.91 Å². The molecule has 1 saturated heterocycles. The number of amides is 1. The van der Waals surface area contributed by atoms with Gasteiger partial charge in [-0.3, -0.25) is 9.69 Å². The van der Waals surface area contributed by atoms with E-state index >= 15 is 0 Å². The van der Waals surface area contributed by atoms with E-state index in [2.05, 4.69) is 16.3 Å². The lowest BCUT2D eigenvalue weighted by Gasteiger charge is -2.42. The summed E-state index contributed by atoms with van der Waals surface area (Å²) < 4.78 is 5.32. The summed E-state index contributed by atoms with van der Waals surface area (Å²) >= 11 is 0. The van der Waals surface area contributed by atoms with Crippen LogP contribution in [0.3, 0.4) is 0 Å². The summed E-state index contributed by atoms with van der Waals surface area (Å²) in [4.78, 5) is 14.5. The minimum atomic E-state index is -0.661. The lowest BCUT2D eigenvalue weighted by Crippen LogP contribution is -2.59. The molecule has 1 unspecified atom stereocenters. The van der Waals surface area contributed by atoms with Crippen LogP contribution in [-0.2, 0) is 16.8 Å². The first-order chi connectivity index (χ1) is 9.68. The Kier molecular flexibility index (Phi) is 3.40. The molecule has 3 rings (SSSR count). The van der Waals surface area contributed by atoms with Crippen molar-refractivity contribution in [2.75, 3.05) is 33.3 Å².